The fourth-order valence-electron chi connectivity index (χ4n) is 2.66. The molecule has 2 heterocycles. The number of nitrogens with one attached hydrogen (secondary N) is 1. The molecule has 0 aliphatic carbocycles. The van der Waals surface area contributed by atoms with E-state index in [9.17, 15) is 13.6 Å². The predicted octanol–water partition coefficient (Wildman–Crippen LogP) is 4.26. The van der Waals surface area contributed by atoms with Crippen molar-refractivity contribution in [2.75, 3.05) is 12.2 Å². The lowest BCUT2D eigenvalue weighted by molar-refractivity contribution is 0.104. The zero-order valence-corrected chi connectivity index (χ0v) is 13.7. The van der Waals surface area contributed by atoms with Crippen molar-refractivity contribution in [3.05, 3.63) is 71.4 Å². The monoisotopic (exact) mass is 353 g/mol. The van der Waals surface area contributed by atoms with E-state index in [4.69, 9.17) is 4.84 Å². The van der Waals surface area contributed by atoms with Crippen LogP contribution in [0.5, 0.6) is 0 Å². The van der Waals surface area contributed by atoms with E-state index in [0.29, 0.717) is 22.5 Å². The minimum atomic E-state index is -0.937. The molecule has 0 unspecified atom stereocenters. The Morgan fingerprint density at radius 1 is 1.12 bits per heavy atom. The second kappa shape index (κ2) is 6.20. The number of aromatic amines is 1. The minimum absolute atomic E-state index is 0.167. The zero-order valence-electron chi connectivity index (χ0n) is 13.7. The molecule has 1 aromatic heterocycles. The number of carbonyl (C=O) groups excluding carboxylic acids is 1. The summed E-state index contributed by atoms with van der Waals surface area (Å²) in [5.74, 6) is -2.02. The summed E-state index contributed by atoms with van der Waals surface area (Å²) < 4.78 is 26.3. The van der Waals surface area contributed by atoms with Gasteiger partial charge in [-0.15, -0.1) is 0 Å². The standard InChI is InChI=1S/C19H13F2N3O2/c1-26-24-17-6-3-12(9-18(17)24)19(25)7-4-13-10-16(23-22-13)11-2-5-14(20)15(21)8-11/h2-10H,1H3,(H,22,23)/b7-4+. The van der Waals surface area contributed by atoms with E-state index in [1.807, 2.05) is 6.07 Å². The molecule has 1 N–H and O–H groups in total. The molecule has 7 heteroatoms. The zero-order chi connectivity index (χ0) is 18.3. The summed E-state index contributed by atoms with van der Waals surface area (Å²) >= 11 is 0. The van der Waals surface area contributed by atoms with E-state index in [-0.39, 0.29) is 5.78 Å². The third kappa shape index (κ3) is 2.89. The Balaban J connectivity index is 1.49. The van der Waals surface area contributed by atoms with Crippen molar-refractivity contribution in [3.63, 3.8) is 0 Å². The van der Waals surface area contributed by atoms with Gasteiger partial charge in [0.25, 0.3) is 0 Å². The van der Waals surface area contributed by atoms with Crippen LogP contribution in [0.1, 0.15) is 16.1 Å². The number of aromatic nitrogens is 2. The number of anilines is 2. The van der Waals surface area contributed by atoms with E-state index in [0.717, 1.165) is 23.5 Å². The minimum Gasteiger partial charge on any atom is -0.289 e. The van der Waals surface area contributed by atoms with Crippen molar-refractivity contribution < 1.29 is 18.4 Å². The van der Waals surface area contributed by atoms with Gasteiger partial charge in [-0.05, 0) is 54.6 Å². The molecule has 0 amide bonds. The van der Waals surface area contributed by atoms with Crippen LogP contribution in [0, 0.1) is 11.6 Å². The molecule has 0 fully saturated rings. The number of nitrogens with zero attached hydrogens (tertiary/aromatic N) is 2. The molecule has 0 radical (unpaired) electrons. The third-order valence-electron chi connectivity index (χ3n) is 4.06. The van der Waals surface area contributed by atoms with Crippen LogP contribution in [-0.4, -0.2) is 23.1 Å². The number of allylic oxidation sites excluding steroid dienone is 1. The first-order valence-electron chi connectivity index (χ1n) is 7.78. The summed E-state index contributed by atoms with van der Waals surface area (Å²) in [4.78, 5) is 17.4. The number of hydrogen-bond acceptors (Lipinski definition) is 4. The van der Waals surface area contributed by atoms with Crippen LogP contribution in [-0.2, 0) is 4.84 Å². The summed E-state index contributed by atoms with van der Waals surface area (Å²) in [5, 5.41) is 8.43. The van der Waals surface area contributed by atoms with Crippen molar-refractivity contribution >= 4 is 23.2 Å². The average Bonchev–Trinajstić information content (AvgIpc) is 3.15. The molecule has 2 aromatic carbocycles. The first-order chi connectivity index (χ1) is 12.6. The van der Waals surface area contributed by atoms with Gasteiger partial charge in [-0.2, -0.15) is 5.10 Å². The van der Waals surface area contributed by atoms with E-state index in [1.54, 1.807) is 36.4 Å². The number of H-pyrrole nitrogens is 1. The maximum Gasteiger partial charge on any atom is 0.185 e. The molecule has 26 heavy (non-hydrogen) atoms. The summed E-state index contributed by atoms with van der Waals surface area (Å²) in [5.41, 5.74) is 3.82. The Morgan fingerprint density at radius 2 is 1.96 bits per heavy atom. The maximum atomic E-state index is 13.3. The van der Waals surface area contributed by atoms with Crippen molar-refractivity contribution in [2.45, 2.75) is 0 Å². The SMILES string of the molecule is CON1c2ccc(C(=O)/C=C/c3cc(-c4ccc(F)c(F)c4)n[nH]3)cc21. The molecule has 5 nitrogen and oxygen atoms in total. The predicted molar refractivity (Wildman–Crippen MR) is 92.9 cm³/mol. The van der Waals surface area contributed by atoms with E-state index < -0.39 is 11.6 Å². The van der Waals surface area contributed by atoms with Gasteiger partial charge < -0.3 is 0 Å². The van der Waals surface area contributed by atoms with Crippen LogP contribution in [0.4, 0.5) is 20.2 Å². The van der Waals surface area contributed by atoms with Gasteiger partial charge in [0.2, 0.25) is 0 Å². The van der Waals surface area contributed by atoms with Gasteiger partial charge in [-0.25, -0.2) is 13.8 Å². The van der Waals surface area contributed by atoms with Gasteiger partial charge in [-0.3, -0.25) is 14.7 Å². The summed E-state index contributed by atoms with van der Waals surface area (Å²) in [7, 11) is 1.56. The van der Waals surface area contributed by atoms with Crippen molar-refractivity contribution in [1.82, 2.24) is 10.2 Å². The Bertz CT molecular complexity index is 1040. The van der Waals surface area contributed by atoms with Crippen molar-refractivity contribution in [3.8, 4) is 11.3 Å². The van der Waals surface area contributed by atoms with E-state index in [1.165, 1.54) is 12.1 Å². The lowest BCUT2D eigenvalue weighted by Gasteiger charge is -1.96. The number of ketones is 1. The van der Waals surface area contributed by atoms with Crippen LogP contribution in [0.15, 0.2) is 48.5 Å². The highest BCUT2D eigenvalue weighted by Crippen LogP contribution is 2.47. The third-order valence-corrected chi connectivity index (χ3v) is 4.06. The molecule has 3 aromatic rings. The number of carbonyl (C=O) groups is 1. The molecular formula is C19H13F2N3O2. The van der Waals surface area contributed by atoms with Crippen LogP contribution < -0.4 is 5.06 Å². The average molecular weight is 353 g/mol. The Labute approximate surface area is 147 Å². The Kier molecular flexibility index (Phi) is 3.85. The molecule has 0 spiro atoms. The largest absolute Gasteiger partial charge is 0.289 e. The van der Waals surface area contributed by atoms with Gasteiger partial charge in [0.1, 0.15) is 0 Å². The highest BCUT2D eigenvalue weighted by atomic mass is 19.2. The molecule has 4 rings (SSSR count). The first-order valence-corrected chi connectivity index (χ1v) is 7.78. The number of rotatable bonds is 5. The molecule has 0 bridgehead atoms. The maximum absolute atomic E-state index is 13.3. The van der Waals surface area contributed by atoms with Crippen molar-refractivity contribution in [2.24, 2.45) is 0 Å². The fraction of sp³-hybridized carbons (Fsp3) is 0.0526. The van der Waals surface area contributed by atoms with Crippen LogP contribution in [0.3, 0.4) is 0 Å². The number of hydrogen-bond donors (Lipinski definition) is 1. The molecule has 1 aliphatic heterocycles. The van der Waals surface area contributed by atoms with Crippen LogP contribution in [0.2, 0.25) is 0 Å². The molecule has 0 atom stereocenters. The van der Waals surface area contributed by atoms with E-state index >= 15 is 0 Å². The highest BCUT2D eigenvalue weighted by Gasteiger charge is 2.30. The normalized spacial score (nSPS) is 12.5. The van der Waals surface area contributed by atoms with Gasteiger partial charge in [0, 0.05) is 11.1 Å². The summed E-state index contributed by atoms with van der Waals surface area (Å²) in [6.07, 6.45) is 3.00. The molecule has 0 saturated carbocycles. The highest BCUT2D eigenvalue weighted by molar-refractivity contribution is 6.09. The van der Waals surface area contributed by atoms with Gasteiger partial charge in [-0.1, -0.05) is 0 Å². The smallest absolute Gasteiger partial charge is 0.185 e. The second-order valence-corrected chi connectivity index (χ2v) is 5.72. The quantitative estimate of drug-likeness (QED) is 0.423. The molecule has 1 aliphatic rings. The number of fused-ring (bicyclic) bond motifs is 1. The summed E-state index contributed by atoms with van der Waals surface area (Å²) in [6.45, 7) is 0. The molecule has 0 saturated heterocycles. The lowest BCUT2D eigenvalue weighted by atomic mass is 10.1. The van der Waals surface area contributed by atoms with E-state index in [2.05, 4.69) is 10.2 Å². The fourth-order valence-corrected chi connectivity index (χ4v) is 2.66. The molecule has 130 valence electrons. The van der Waals surface area contributed by atoms with Crippen LogP contribution in [0.25, 0.3) is 17.3 Å². The Morgan fingerprint density at radius 3 is 2.73 bits per heavy atom. The van der Waals surface area contributed by atoms with Crippen molar-refractivity contribution in [1.29, 1.82) is 0 Å². The van der Waals surface area contributed by atoms with Crippen LogP contribution >= 0.6 is 0 Å². The van der Waals surface area contributed by atoms with Gasteiger partial charge >= 0.3 is 0 Å². The first kappa shape index (κ1) is 16.2. The number of benzene rings is 2. The number of halogens is 2. The lowest BCUT2D eigenvalue weighted by Crippen LogP contribution is -1.94. The topological polar surface area (TPSA) is 58.0 Å². The van der Waals surface area contributed by atoms with Gasteiger partial charge in [0.15, 0.2) is 17.4 Å². The Hall–Kier alpha value is -3.32. The second-order valence-electron chi connectivity index (χ2n) is 5.72. The summed E-state index contributed by atoms with van der Waals surface area (Å²) in [6, 6.07) is 10.5. The molecular weight excluding hydrogens is 340 g/mol. The van der Waals surface area contributed by atoms with Gasteiger partial charge in [0.05, 0.1) is 29.9 Å².